The van der Waals surface area contributed by atoms with Gasteiger partial charge in [-0.05, 0) is 39.0 Å². The largest absolute Gasteiger partial charge is 0.400 e. The van der Waals surface area contributed by atoms with Crippen LogP contribution in [0, 0.1) is 0 Å². The van der Waals surface area contributed by atoms with Gasteiger partial charge in [0.05, 0.1) is 0 Å². The first kappa shape index (κ1) is 16.3. The van der Waals surface area contributed by atoms with Gasteiger partial charge in [-0.1, -0.05) is 6.07 Å². The number of aliphatic hydroxyl groups excluding tert-OH is 1. The predicted octanol–water partition coefficient (Wildman–Crippen LogP) is 1.81. The molecule has 0 saturated heterocycles. The van der Waals surface area contributed by atoms with Gasteiger partial charge in [0.25, 0.3) is 0 Å². The van der Waals surface area contributed by atoms with Crippen LogP contribution in [-0.4, -0.2) is 39.1 Å². The molecule has 0 amide bonds. The van der Waals surface area contributed by atoms with Crippen molar-refractivity contribution in [3.63, 3.8) is 0 Å². The number of rotatable bonds is 4. The van der Waals surface area contributed by atoms with Crippen LogP contribution in [0.3, 0.4) is 0 Å². The normalized spacial score (nSPS) is 10.8. The lowest BCUT2D eigenvalue weighted by Gasteiger charge is -2.20. The van der Waals surface area contributed by atoms with Crippen molar-refractivity contribution in [2.75, 3.05) is 13.7 Å². The number of hydrogen-bond acceptors (Lipinski definition) is 4. The van der Waals surface area contributed by atoms with Crippen molar-refractivity contribution in [1.29, 1.82) is 0 Å². The number of aromatic nitrogens is 3. The predicted molar refractivity (Wildman–Crippen MR) is 81.0 cm³/mol. The molecule has 0 fully saturated rings. The lowest BCUT2D eigenvalue weighted by molar-refractivity contribution is 0.399. The third-order valence-corrected chi connectivity index (χ3v) is 2.57. The summed E-state index contributed by atoms with van der Waals surface area (Å²) in [6.45, 7) is 7.43. The minimum atomic E-state index is 0.152. The Balaban J connectivity index is 0.000000956. The van der Waals surface area contributed by atoms with Crippen molar-refractivity contribution in [3.05, 3.63) is 42.4 Å². The molecule has 0 aromatic carbocycles. The van der Waals surface area contributed by atoms with E-state index >= 15 is 0 Å². The highest BCUT2D eigenvalue weighted by molar-refractivity contribution is 5.23. The van der Waals surface area contributed by atoms with Crippen molar-refractivity contribution in [3.8, 4) is 5.82 Å². The summed E-state index contributed by atoms with van der Waals surface area (Å²) in [6, 6.07) is 7.94. The molecule has 0 saturated carbocycles. The number of aliphatic hydroxyl groups is 1. The number of nitrogens with one attached hydrogen (secondary N) is 1. The molecule has 2 N–H and O–H groups in total. The highest BCUT2D eigenvalue weighted by Gasteiger charge is 2.08. The van der Waals surface area contributed by atoms with Crippen LogP contribution in [-0.2, 0) is 6.42 Å². The van der Waals surface area contributed by atoms with Crippen molar-refractivity contribution in [2.45, 2.75) is 32.7 Å². The zero-order chi connectivity index (χ0) is 15.0. The van der Waals surface area contributed by atoms with Crippen molar-refractivity contribution >= 4 is 0 Å². The van der Waals surface area contributed by atoms with E-state index in [1.807, 2.05) is 24.4 Å². The van der Waals surface area contributed by atoms with Gasteiger partial charge in [0, 0.05) is 43.7 Å². The first-order chi connectivity index (χ1) is 9.54. The fourth-order valence-corrected chi connectivity index (χ4v) is 1.70. The summed E-state index contributed by atoms with van der Waals surface area (Å²) in [5, 5.41) is 14.6. The molecule has 0 unspecified atom stereocenters. The average Bonchev–Trinajstić information content (AvgIpc) is 2.94. The van der Waals surface area contributed by atoms with Crippen molar-refractivity contribution in [1.82, 2.24) is 20.1 Å². The standard InChI is InChI=1S/C14H20N4.CH4O/c1-14(2,3)15-10-8-12-6-4-7-13(17-12)18-11-5-9-16-18;1-2/h4-7,9,11,15H,8,10H2,1-3H3;2H,1H3. The zero-order valence-electron chi connectivity index (χ0n) is 12.7. The topological polar surface area (TPSA) is 63.0 Å². The molecule has 5 nitrogen and oxygen atoms in total. The second-order valence-electron chi connectivity index (χ2n) is 5.36. The molecule has 0 bridgehead atoms. The van der Waals surface area contributed by atoms with E-state index in [1.165, 1.54) is 0 Å². The van der Waals surface area contributed by atoms with Gasteiger partial charge in [-0.2, -0.15) is 5.10 Å². The fourth-order valence-electron chi connectivity index (χ4n) is 1.70. The molecule has 2 aromatic heterocycles. The Morgan fingerprint density at radius 1 is 1.20 bits per heavy atom. The minimum absolute atomic E-state index is 0.152. The van der Waals surface area contributed by atoms with Crippen LogP contribution in [0.2, 0.25) is 0 Å². The van der Waals surface area contributed by atoms with Crippen molar-refractivity contribution < 1.29 is 5.11 Å². The van der Waals surface area contributed by atoms with Gasteiger partial charge in [-0.3, -0.25) is 0 Å². The van der Waals surface area contributed by atoms with E-state index in [0.717, 1.165) is 31.6 Å². The summed E-state index contributed by atoms with van der Waals surface area (Å²) in [7, 11) is 1.00. The molecule has 0 radical (unpaired) electrons. The van der Waals surface area contributed by atoms with E-state index in [-0.39, 0.29) is 5.54 Å². The van der Waals surface area contributed by atoms with Crippen LogP contribution in [0.4, 0.5) is 0 Å². The minimum Gasteiger partial charge on any atom is -0.400 e. The second-order valence-corrected chi connectivity index (χ2v) is 5.36. The van der Waals surface area contributed by atoms with Gasteiger partial charge in [-0.15, -0.1) is 0 Å². The van der Waals surface area contributed by atoms with Gasteiger partial charge in [0.2, 0.25) is 0 Å². The molecule has 5 heteroatoms. The molecule has 20 heavy (non-hydrogen) atoms. The molecule has 2 rings (SSSR count). The molecule has 110 valence electrons. The summed E-state index contributed by atoms with van der Waals surface area (Å²) in [5.74, 6) is 0.869. The Hall–Kier alpha value is -1.72. The molecule has 2 aromatic rings. The maximum atomic E-state index is 7.00. The number of nitrogens with zero attached hydrogens (tertiary/aromatic N) is 3. The van der Waals surface area contributed by atoms with E-state index < -0.39 is 0 Å². The van der Waals surface area contributed by atoms with E-state index in [9.17, 15) is 0 Å². The number of hydrogen-bond donors (Lipinski definition) is 2. The maximum absolute atomic E-state index is 7.00. The SMILES string of the molecule is CC(C)(C)NCCc1cccc(-n2cccn2)n1.CO. The van der Waals surface area contributed by atoms with E-state index in [4.69, 9.17) is 5.11 Å². The molecule has 0 spiro atoms. The van der Waals surface area contributed by atoms with Crippen molar-refractivity contribution in [2.24, 2.45) is 0 Å². The van der Waals surface area contributed by atoms with Gasteiger partial charge in [0.15, 0.2) is 5.82 Å². The zero-order valence-corrected chi connectivity index (χ0v) is 12.7. The molecular formula is C15H24N4O. The Labute approximate surface area is 120 Å². The van der Waals surface area contributed by atoms with Gasteiger partial charge in [-0.25, -0.2) is 9.67 Å². The van der Waals surface area contributed by atoms with Crippen LogP contribution in [0.25, 0.3) is 5.82 Å². The quantitative estimate of drug-likeness (QED) is 0.894. The highest BCUT2D eigenvalue weighted by atomic mass is 16.2. The molecule has 0 atom stereocenters. The molecule has 0 aliphatic carbocycles. The Morgan fingerprint density at radius 2 is 1.95 bits per heavy atom. The summed E-state index contributed by atoms with van der Waals surface area (Å²) in [6.07, 6.45) is 4.58. The van der Waals surface area contributed by atoms with Crippen LogP contribution >= 0.6 is 0 Å². The van der Waals surface area contributed by atoms with Crippen LogP contribution in [0.1, 0.15) is 26.5 Å². The summed E-state index contributed by atoms with van der Waals surface area (Å²) >= 11 is 0. The third-order valence-electron chi connectivity index (χ3n) is 2.57. The summed E-state index contributed by atoms with van der Waals surface area (Å²) < 4.78 is 1.78. The third kappa shape index (κ3) is 5.50. The second kappa shape index (κ2) is 7.77. The first-order valence-corrected chi connectivity index (χ1v) is 6.70. The van der Waals surface area contributed by atoms with Gasteiger partial charge in [0.1, 0.15) is 0 Å². The highest BCUT2D eigenvalue weighted by Crippen LogP contribution is 2.05. The molecule has 0 aliphatic heterocycles. The molecule has 0 aliphatic rings. The van der Waals surface area contributed by atoms with Gasteiger partial charge >= 0.3 is 0 Å². The van der Waals surface area contributed by atoms with Crippen LogP contribution in [0.15, 0.2) is 36.7 Å². The molecule has 2 heterocycles. The lowest BCUT2D eigenvalue weighted by atomic mass is 10.1. The van der Waals surface area contributed by atoms with E-state index in [1.54, 1.807) is 10.9 Å². The smallest absolute Gasteiger partial charge is 0.153 e. The van der Waals surface area contributed by atoms with Crippen LogP contribution in [0.5, 0.6) is 0 Å². The first-order valence-electron chi connectivity index (χ1n) is 6.70. The number of pyridine rings is 1. The van der Waals surface area contributed by atoms with Gasteiger partial charge < -0.3 is 10.4 Å². The fraction of sp³-hybridized carbons (Fsp3) is 0.467. The molecular weight excluding hydrogens is 252 g/mol. The van der Waals surface area contributed by atoms with E-state index in [2.05, 4.69) is 42.2 Å². The average molecular weight is 276 g/mol. The monoisotopic (exact) mass is 276 g/mol. The van der Waals surface area contributed by atoms with E-state index in [0.29, 0.717) is 0 Å². The Morgan fingerprint density at radius 3 is 2.55 bits per heavy atom. The Kier molecular flexibility index (Phi) is 6.35. The van der Waals surface area contributed by atoms with Crippen LogP contribution < -0.4 is 5.32 Å². The summed E-state index contributed by atoms with van der Waals surface area (Å²) in [5.41, 5.74) is 1.24. The maximum Gasteiger partial charge on any atom is 0.153 e. The Bertz CT molecular complexity index is 489. The lowest BCUT2D eigenvalue weighted by Crippen LogP contribution is -2.37. The summed E-state index contributed by atoms with van der Waals surface area (Å²) in [4.78, 5) is 4.60.